The number of nitrogens with zero attached hydrogens (tertiary/aromatic N) is 2. The molecule has 6 heteroatoms. The molecule has 1 N–H and O–H groups in total. The summed E-state index contributed by atoms with van der Waals surface area (Å²) in [5.74, 6) is 0.745. The molecule has 1 aromatic carbocycles. The van der Waals surface area contributed by atoms with Crippen molar-refractivity contribution in [2.45, 2.75) is 39.3 Å². The van der Waals surface area contributed by atoms with Gasteiger partial charge in [0, 0.05) is 25.1 Å². The molecule has 0 spiro atoms. The molecule has 1 aliphatic rings. The van der Waals surface area contributed by atoms with Crippen molar-refractivity contribution in [2.24, 2.45) is 0 Å². The van der Waals surface area contributed by atoms with E-state index in [-0.39, 0.29) is 18.2 Å². The van der Waals surface area contributed by atoms with Crippen LogP contribution >= 0.6 is 0 Å². The molecule has 1 aliphatic heterocycles. The number of aromatic nitrogens is 1. The fraction of sp³-hybridized carbons (Fsp3) is 0.474. The van der Waals surface area contributed by atoms with Crippen molar-refractivity contribution >= 4 is 6.03 Å². The van der Waals surface area contributed by atoms with E-state index in [1.807, 2.05) is 43.9 Å². The van der Waals surface area contributed by atoms with Gasteiger partial charge in [0.1, 0.15) is 5.76 Å². The highest BCUT2D eigenvalue weighted by Crippen LogP contribution is 2.21. The zero-order valence-electron chi connectivity index (χ0n) is 15.0. The Balaban J connectivity index is 1.58. The Labute approximate surface area is 148 Å². The summed E-state index contributed by atoms with van der Waals surface area (Å²) < 4.78 is 11.0. The van der Waals surface area contributed by atoms with Gasteiger partial charge in [-0.15, -0.1) is 0 Å². The zero-order valence-corrected chi connectivity index (χ0v) is 15.0. The quantitative estimate of drug-likeness (QED) is 0.927. The van der Waals surface area contributed by atoms with E-state index in [9.17, 15) is 4.79 Å². The normalized spacial score (nSPS) is 18.8. The lowest BCUT2D eigenvalue weighted by Crippen LogP contribution is -2.50. The fourth-order valence-corrected chi connectivity index (χ4v) is 3.36. The number of nitrogens with one attached hydrogen (secondary N) is 1. The van der Waals surface area contributed by atoms with E-state index >= 15 is 0 Å². The first-order valence-corrected chi connectivity index (χ1v) is 8.68. The number of benzene rings is 1. The van der Waals surface area contributed by atoms with Gasteiger partial charge in [0.15, 0.2) is 0 Å². The molecule has 1 fully saturated rings. The summed E-state index contributed by atoms with van der Waals surface area (Å²) in [6, 6.07) is 10.00. The summed E-state index contributed by atoms with van der Waals surface area (Å²) in [4.78, 5) is 14.5. The molecule has 0 aliphatic carbocycles. The van der Waals surface area contributed by atoms with Gasteiger partial charge < -0.3 is 19.5 Å². The van der Waals surface area contributed by atoms with Crippen LogP contribution in [0.5, 0.6) is 0 Å². The van der Waals surface area contributed by atoms with Gasteiger partial charge in [-0.2, -0.15) is 0 Å². The zero-order chi connectivity index (χ0) is 17.8. The lowest BCUT2D eigenvalue weighted by Gasteiger charge is -2.33. The van der Waals surface area contributed by atoms with Crippen LogP contribution < -0.4 is 5.32 Å². The van der Waals surface area contributed by atoms with Gasteiger partial charge in [-0.25, -0.2) is 4.79 Å². The average molecular weight is 343 g/mol. The van der Waals surface area contributed by atoms with Gasteiger partial charge in [0.05, 0.1) is 24.4 Å². The molecule has 2 heterocycles. The molecule has 1 saturated heterocycles. The number of amides is 2. The maximum Gasteiger partial charge on any atom is 0.318 e. The third-order valence-corrected chi connectivity index (χ3v) is 4.59. The highest BCUT2D eigenvalue weighted by Gasteiger charge is 2.26. The predicted molar refractivity (Wildman–Crippen MR) is 94.4 cm³/mol. The lowest BCUT2D eigenvalue weighted by molar-refractivity contribution is -0.0135. The van der Waals surface area contributed by atoms with Crippen LogP contribution in [0.4, 0.5) is 4.79 Å². The average Bonchev–Trinajstić information content (AvgIpc) is 2.94. The molecule has 1 aromatic heterocycles. The van der Waals surface area contributed by atoms with Crippen LogP contribution in [-0.4, -0.2) is 41.9 Å². The highest BCUT2D eigenvalue weighted by molar-refractivity contribution is 5.75. The maximum absolute atomic E-state index is 12.6. The van der Waals surface area contributed by atoms with Crippen LogP contribution in [0, 0.1) is 13.8 Å². The minimum Gasteiger partial charge on any atom is -0.374 e. The number of carbonyl (C=O) groups is 1. The SMILES string of the molecule is Cc1noc(C)c1[C@@H](C)NC(=O)N1CCO[C@H](Cc2ccccc2)C1. The Bertz CT molecular complexity index is 694. The van der Waals surface area contributed by atoms with Crippen molar-refractivity contribution in [1.29, 1.82) is 0 Å². The van der Waals surface area contributed by atoms with Gasteiger partial charge in [-0.1, -0.05) is 35.5 Å². The van der Waals surface area contributed by atoms with Crippen LogP contribution in [0.2, 0.25) is 0 Å². The summed E-state index contributed by atoms with van der Waals surface area (Å²) in [5.41, 5.74) is 2.98. The Morgan fingerprint density at radius 1 is 1.36 bits per heavy atom. The van der Waals surface area contributed by atoms with Gasteiger partial charge >= 0.3 is 6.03 Å². The van der Waals surface area contributed by atoms with Crippen molar-refractivity contribution in [2.75, 3.05) is 19.7 Å². The minimum atomic E-state index is -0.144. The molecule has 0 radical (unpaired) electrons. The van der Waals surface area contributed by atoms with Crippen LogP contribution in [0.1, 0.15) is 35.5 Å². The number of rotatable bonds is 4. The van der Waals surface area contributed by atoms with Crippen LogP contribution in [0.25, 0.3) is 0 Å². The first-order valence-electron chi connectivity index (χ1n) is 8.68. The smallest absolute Gasteiger partial charge is 0.318 e. The molecule has 2 amide bonds. The summed E-state index contributed by atoms with van der Waals surface area (Å²) in [6.07, 6.45) is 0.834. The second-order valence-corrected chi connectivity index (χ2v) is 6.54. The molecule has 6 nitrogen and oxygen atoms in total. The molecule has 0 saturated carbocycles. The molecule has 2 aromatic rings. The van der Waals surface area contributed by atoms with E-state index in [0.29, 0.717) is 19.7 Å². The van der Waals surface area contributed by atoms with Crippen molar-refractivity contribution in [1.82, 2.24) is 15.4 Å². The third kappa shape index (κ3) is 4.20. The van der Waals surface area contributed by atoms with E-state index in [1.54, 1.807) is 0 Å². The fourth-order valence-electron chi connectivity index (χ4n) is 3.36. The molecule has 0 bridgehead atoms. The highest BCUT2D eigenvalue weighted by atomic mass is 16.5. The number of aryl methyl sites for hydroxylation is 2. The molecule has 0 unspecified atom stereocenters. The van der Waals surface area contributed by atoms with Gasteiger partial charge in [-0.3, -0.25) is 0 Å². The summed E-state index contributed by atoms with van der Waals surface area (Å²) >= 11 is 0. The van der Waals surface area contributed by atoms with E-state index < -0.39 is 0 Å². The summed E-state index contributed by atoms with van der Waals surface area (Å²) in [6.45, 7) is 7.46. The number of morpholine rings is 1. The van der Waals surface area contributed by atoms with E-state index in [0.717, 1.165) is 23.4 Å². The predicted octanol–water partition coefficient (Wildman–Crippen LogP) is 3.01. The Kier molecular flexibility index (Phi) is 5.38. The van der Waals surface area contributed by atoms with Gasteiger partial charge in [0.25, 0.3) is 0 Å². The Hall–Kier alpha value is -2.34. The second-order valence-electron chi connectivity index (χ2n) is 6.54. The van der Waals surface area contributed by atoms with Crippen molar-refractivity contribution in [3.63, 3.8) is 0 Å². The van der Waals surface area contributed by atoms with Gasteiger partial charge in [0.2, 0.25) is 0 Å². The number of carbonyl (C=O) groups excluding carboxylic acids is 1. The number of hydrogen-bond donors (Lipinski definition) is 1. The van der Waals surface area contributed by atoms with Crippen molar-refractivity contribution < 1.29 is 14.1 Å². The monoisotopic (exact) mass is 343 g/mol. The molecule has 2 atom stereocenters. The first kappa shape index (κ1) is 17.5. The van der Waals surface area contributed by atoms with Crippen molar-refractivity contribution in [3.8, 4) is 0 Å². The van der Waals surface area contributed by atoms with Crippen LogP contribution in [-0.2, 0) is 11.2 Å². The third-order valence-electron chi connectivity index (χ3n) is 4.59. The van der Waals surface area contributed by atoms with Gasteiger partial charge in [-0.05, 0) is 26.3 Å². The van der Waals surface area contributed by atoms with Crippen LogP contribution in [0.3, 0.4) is 0 Å². The molecule has 3 rings (SSSR count). The van der Waals surface area contributed by atoms with Crippen molar-refractivity contribution in [3.05, 3.63) is 52.9 Å². The summed E-state index contributed by atoms with van der Waals surface area (Å²) in [5, 5.41) is 7.01. The molecule has 25 heavy (non-hydrogen) atoms. The molecular formula is C19H25N3O3. The Morgan fingerprint density at radius 2 is 2.12 bits per heavy atom. The second kappa shape index (κ2) is 7.70. The number of urea groups is 1. The molecule has 134 valence electrons. The minimum absolute atomic E-state index is 0.0243. The topological polar surface area (TPSA) is 67.6 Å². The number of hydrogen-bond acceptors (Lipinski definition) is 4. The maximum atomic E-state index is 12.6. The number of ether oxygens (including phenoxy) is 1. The lowest BCUT2D eigenvalue weighted by atomic mass is 10.1. The van der Waals surface area contributed by atoms with E-state index in [1.165, 1.54) is 5.56 Å². The molecular weight excluding hydrogens is 318 g/mol. The standard InChI is InChI=1S/C19H25N3O3/c1-13(18-14(2)21-25-15(18)3)20-19(23)22-9-10-24-17(12-22)11-16-7-5-4-6-8-16/h4-8,13,17H,9-12H2,1-3H3,(H,20,23)/t13-,17-/m1/s1. The Morgan fingerprint density at radius 3 is 2.80 bits per heavy atom. The van der Waals surface area contributed by atoms with E-state index in [4.69, 9.17) is 9.26 Å². The summed E-state index contributed by atoms with van der Waals surface area (Å²) in [7, 11) is 0. The largest absolute Gasteiger partial charge is 0.374 e. The van der Waals surface area contributed by atoms with Crippen LogP contribution in [0.15, 0.2) is 34.9 Å². The van der Waals surface area contributed by atoms with E-state index in [2.05, 4.69) is 22.6 Å². The first-order chi connectivity index (χ1) is 12.0.